The fourth-order valence-corrected chi connectivity index (χ4v) is 1.95. The van der Waals surface area contributed by atoms with Crippen LogP contribution in [0.4, 0.5) is 0 Å². The molecule has 3 heteroatoms. The Hall–Kier alpha value is -2.03. The molecule has 1 aromatic heterocycles. The van der Waals surface area contributed by atoms with Crippen LogP contribution >= 0.6 is 0 Å². The molecule has 0 aliphatic carbocycles. The van der Waals surface area contributed by atoms with E-state index in [0.717, 1.165) is 22.4 Å². The normalized spacial score (nSPS) is 10.3. The highest BCUT2D eigenvalue weighted by Gasteiger charge is 2.18. The monoisotopic (exact) mass is 229 g/mol. The minimum absolute atomic E-state index is 0.304. The molecule has 2 rings (SSSR count). The number of esters is 1. The number of carbonyl (C=O) groups excluding carboxylic acids is 1. The quantitative estimate of drug-likeness (QED) is 0.804. The molecule has 17 heavy (non-hydrogen) atoms. The van der Waals surface area contributed by atoms with Crippen LogP contribution in [0.5, 0.6) is 0 Å². The SMILES string of the molecule is COC(=O)c1c(C)c[nH]c1-c1ccccc1C. The first-order valence-corrected chi connectivity index (χ1v) is 5.47. The number of benzene rings is 1. The van der Waals surface area contributed by atoms with Gasteiger partial charge in [-0.1, -0.05) is 24.3 Å². The average molecular weight is 229 g/mol. The molecule has 0 spiro atoms. The Kier molecular flexibility index (Phi) is 3.00. The van der Waals surface area contributed by atoms with Crippen LogP contribution in [0.15, 0.2) is 30.5 Å². The molecule has 2 aromatic rings. The molecule has 0 unspecified atom stereocenters. The summed E-state index contributed by atoms with van der Waals surface area (Å²) < 4.78 is 4.82. The van der Waals surface area contributed by atoms with Crippen molar-refractivity contribution >= 4 is 5.97 Å². The van der Waals surface area contributed by atoms with E-state index in [1.54, 1.807) is 0 Å². The van der Waals surface area contributed by atoms with Crippen LogP contribution in [0, 0.1) is 13.8 Å². The van der Waals surface area contributed by atoms with Crippen molar-refractivity contribution in [3.8, 4) is 11.3 Å². The molecule has 0 atom stereocenters. The largest absolute Gasteiger partial charge is 0.465 e. The first-order valence-electron chi connectivity index (χ1n) is 5.47. The molecule has 0 bridgehead atoms. The lowest BCUT2D eigenvalue weighted by Gasteiger charge is -2.06. The number of rotatable bonds is 2. The van der Waals surface area contributed by atoms with E-state index in [0.29, 0.717) is 5.56 Å². The van der Waals surface area contributed by atoms with Crippen molar-refractivity contribution in [3.05, 3.63) is 47.2 Å². The van der Waals surface area contributed by atoms with E-state index < -0.39 is 0 Å². The minimum Gasteiger partial charge on any atom is -0.465 e. The van der Waals surface area contributed by atoms with Gasteiger partial charge in [0.2, 0.25) is 0 Å². The number of carbonyl (C=O) groups is 1. The molecule has 1 heterocycles. The lowest BCUT2D eigenvalue weighted by molar-refractivity contribution is 0.0601. The van der Waals surface area contributed by atoms with Gasteiger partial charge >= 0.3 is 5.97 Å². The Morgan fingerprint density at radius 3 is 2.53 bits per heavy atom. The zero-order chi connectivity index (χ0) is 12.4. The van der Waals surface area contributed by atoms with E-state index in [2.05, 4.69) is 4.98 Å². The third kappa shape index (κ3) is 1.96. The maximum Gasteiger partial charge on any atom is 0.340 e. The zero-order valence-electron chi connectivity index (χ0n) is 10.2. The third-order valence-electron chi connectivity index (χ3n) is 2.88. The van der Waals surface area contributed by atoms with E-state index in [1.165, 1.54) is 7.11 Å². The smallest absolute Gasteiger partial charge is 0.340 e. The molecule has 3 nitrogen and oxygen atoms in total. The van der Waals surface area contributed by atoms with Crippen molar-refractivity contribution in [3.63, 3.8) is 0 Å². The number of ether oxygens (including phenoxy) is 1. The molecule has 0 radical (unpaired) electrons. The predicted molar refractivity (Wildman–Crippen MR) is 67.0 cm³/mol. The predicted octanol–water partition coefficient (Wildman–Crippen LogP) is 3.09. The molecule has 1 aromatic carbocycles. The van der Waals surface area contributed by atoms with Gasteiger partial charge in [0.15, 0.2) is 0 Å². The highest BCUT2D eigenvalue weighted by Crippen LogP contribution is 2.28. The fourth-order valence-electron chi connectivity index (χ4n) is 1.95. The Morgan fingerprint density at radius 1 is 1.18 bits per heavy atom. The van der Waals surface area contributed by atoms with E-state index in [-0.39, 0.29) is 5.97 Å². The molecule has 88 valence electrons. The molecular formula is C14H15NO2. The number of hydrogen-bond donors (Lipinski definition) is 1. The van der Waals surface area contributed by atoms with Crippen molar-refractivity contribution in [2.24, 2.45) is 0 Å². The van der Waals surface area contributed by atoms with Gasteiger partial charge in [0, 0.05) is 11.8 Å². The highest BCUT2D eigenvalue weighted by molar-refractivity contribution is 5.98. The van der Waals surface area contributed by atoms with E-state index in [9.17, 15) is 4.79 Å². The molecule has 0 amide bonds. The van der Waals surface area contributed by atoms with Gasteiger partial charge in [-0.3, -0.25) is 0 Å². The van der Waals surface area contributed by atoms with E-state index in [4.69, 9.17) is 4.74 Å². The van der Waals surface area contributed by atoms with Crippen LogP contribution in [0.2, 0.25) is 0 Å². The van der Waals surface area contributed by atoms with E-state index in [1.807, 2.05) is 44.3 Å². The second kappa shape index (κ2) is 4.45. The summed E-state index contributed by atoms with van der Waals surface area (Å²) >= 11 is 0. The topological polar surface area (TPSA) is 42.1 Å². The standard InChI is InChI=1S/C14H15NO2/c1-9-6-4-5-7-11(9)13-12(14(16)17-3)10(2)8-15-13/h4-8,15H,1-3H3. The molecule has 0 saturated carbocycles. The van der Waals surface area contributed by atoms with Crippen LogP contribution in [0.3, 0.4) is 0 Å². The number of aromatic amines is 1. The van der Waals surface area contributed by atoms with Crippen molar-refractivity contribution in [2.75, 3.05) is 7.11 Å². The van der Waals surface area contributed by atoms with Crippen molar-refractivity contribution in [2.45, 2.75) is 13.8 Å². The van der Waals surface area contributed by atoms with Crippen LogP contribution in [0.25, 0.3) is 11.3 Å². The summed E-state index contributed by atoms with van der Waals surface area (Å²) in [4.78, 5) is 14.9. The van der Waals surface area contributed by atoms with Crippen molar-refractivity contribution in [1.29, 1.82) is 0 Å². The second-order valence-electron chi connectivity index (χ2n) is 4.03. The number of nitrogens with one attached hydrogen (secondary N) is 1. The fraction of sp³-hybridized carbons (Fsp3) is 0.214. The van der Waals surface area contributed by atoms with Gasteiger partial charge in [0.05, 0.1) is 18.4 Å². The summed E-state index contributed by atoms with van der Waals surface area (Å²) in [6.45, 7) is 3.91. The summed E-state index contributed by atoms with van der Waals surface area (Å²) in [6.07, 6.45) is 1.83. The van der Waals surface area contributed by atoms with Gasteiger partial charge in [-0.15, -0.1) is 0 Å². The second-order valence-corrected chi connectivity index (χ2v) is 4.03. The van der Waals surface area contributed by atoms with Crippen LogP contribution in [-0.4, -0.2) is 18.1 Å². The molecule has 1 N–H and O–H groups in total. The van der Waals surface area contributed by atoms with Gasteiger partial charge in [-0.25, -0.2) is 4.79 Å². The van der Waals surface area contributed by atoms with Gasteiger partial charge in [0.1, 0.15) is 0 Å². The number of hydrogen-bond acceptors (Lipinski definition) is 2. The summed E-state index contributed by atoms with van der Waals surface area (Å²) in [5, 5.41) is 0. The zero-order valence-corrected chi connectivity index (χ0v) is 10.2. The maximum atomic E-state index is 11.8. The number of aromatic nitrogens is 1. The minimum atomic E-state index is -0.304. The summed E-state index contributed by atoms with van der Waals surface area (Å²) in [6, 6.07) is 7.95. The lowest BCUT2D eigenvalue weighted by atomic mass is 10.0. The lowest BCUT2D eigenvalue weighted by Crippen LogP contribution is -2.03. The molecule has 0 fully saturated rings. The Morgan fingerprint density at radius 2 is 1.88 bits per heavy atom. The first-order chi connectivity index (χ1) is 8.15. The van der Waals surface area contributed by atoms with Gasteiger partial charge in [-0.05, 0) is 25.0 Å². The van der Waals surface area contributed by atoms with Gasteiger partial charge < -0.3 is 9.72 Å². The Labute approximate surface area is 100 Å². The Balaban J connectivity index is 2.61. The van der Waals surface area contributed by atoms with Crippen molar-refractivity contribution in [1.82, 2.24) is 4.98 Å². The Bertz CT molecular complexity index is 555. The highest BCUT2D eigenvalue weighted by atomic mass is 16.5. The number of aryl methyl sites for hydroxylation is 2. The van der Waals surface area contributed by atoms with Crippen LogP contribution in [0.1, 0.15) is 21.5 Å². The molecular weight excluding hydrogens is 214 g/mol. The average Bonchev–Trinajstić information content (AvgIpc) is 2.71. The molecule has 0 saturated heterocycles. The molecule has 0 aliphatic heterocycles. The van der Waals surface area contributed by atoms with E-state index >= 15 is 0 Å². The van der Waals surface area contributed by atoms with Crippen LogP contribution in [-0.2, 0) is 4.74 Å². The van der Waals surface area contributed by atoms with Crippen molar-refractivity contribution < 1.29 is 9.53 Å². The van der Waals surface area contributed by atoms with Crippen LogP contribution < -0.4 is 0 Å². The van der Waals surface area contributed by atoms with Gasteiger partial charge in [0.25, 0.3) is 0 Å². The van der Waals surface area contributed by atoms with Gasteiger partial charge in [-0.2, -0.15) is 0 Å². The summed E-state index contributed by atoms with van der Waals surface area (Å²) in [7, 11) is 1.40. The molecule has 0 aliphatic rings. The number of methoxy groups -OCH3 is 1. The third-order valence-corrected chi connectivity index (χ3v) is 2.88. The maximum absolute atomic E-state index is 11.8. The number of H-pyrrole nitrogens is 1. The first kappa shape index (κ1) is 11.5. The summed E-state index contributed by atoms with van der Waals surface area (Å²) in [5.41, 5.74) is 4.49. The summed E-state index contributed by atoms with van der Waals surface area (Å²) in [5.74, 6) is -0.304.